The van der Waals surface area contributed by atoms with Crippen molar-refractivity contribution >= 4 is 0 Å². The summed E-state index contributed by atoms with van der Waals surface area (Å²) in [6.45, 7) is 6.67. The molecule has 0 radical (unpaired) electrons. The molecule has 5 heteroatoms. The van der Waals surface area contributed by atoms with E-state index in [-0.39, 0.29) is 6.61 Å². The van der Waals surface area contributed by atoms with E-state index in [1.807, 2.05) is 49.5 Å². The SMILES string of the molecule is C=CCNCc1ccc(OC)c(OC[C@H](O)CN(C)Cc2ccccc2)c1. The number of aliphatic hydroxyl groups excluding tert-OH is 1. The monoisotopic (exact) mass is 370 g/mol. The molecule has 0 unspecified atom stereocenters. The third-order valence-corrected chi connectivity index (χ3v) is 4.09. The van der Waals surface area contributed by atoms with E-state index in [1.165, 1.54) is 5.56 Å². The van der Waals surface area contributed by atoms with E-state index in [0.717, 1.165) is 25.2 Å². The lowest BCUT2D eigenvalue weighted by Gasteiger charge is -2.21. The summed E-state index contributed by atoms with van der Waals surface area (Å²) in [5, 5.41) is 13.6. The standard InChI is InChI=1S/C22H30N2O3/c1-4-12-23-14-19-10-11-21(26-3)22(13-19)27-17-20(25)16-24(2)15-18-8-6-5-7-9-18/h4-11,13,20,23,25H,1,12,14-17H2,2-3H3/t20-/m1/s1. The van der Waals surface area contributed by atoms with E-state index >= 15 is 0 Å². The molecule has 0 aromatic heterocycles. The van der Waals surface area contributed by atoms with E-state index in [9.17, 15) is 5.11 Å². The number of ether oxygens (including phenoxy) is 2. The molecule has 0 saturated heterocycles. The average molecular weight is 370 g/mol. The number of methoxy groups -OCH3 is 1. The Morgan fingerprint density at radius 1 is 1.15 bits per heavy atom. The molecule has 146 valence electrons. The van der Waals surface area contributed by atoms with Crippen LogP contribution in [0.3, 0.4) is 0 Å². The molecule has 0 bridgehead atoms. The minimum atomic E-state index is -0.592. The van der Waals surface area contributed by atoms with Crippen LogP contribution in [0.15, 0.2) is 61.2 Å². The number of aliphatic hydroxyl groups is 1. The molecule has 0 fully saturated rings. The van der Waals surface area contributed by atoms with Crippen LogP contribution in [-0.2, 0) is 13.1 Å². The van der Waals surface area contributed by atoms with Gasteiger partial charge in [0.1, 0.15) is 12.7 Å². The summed E-state index contributed by atoms with van der Waals surface area (Å²) >= 11 is 0. The van der Waals surface area contributed by atoms with Gasteiger partial charge in [-0.05, 0) is 30.3 Å². The highest BCUT2D eigenvalue weighted by Crippen LogP contribution is 2.28. The van der Waals surface area contributed by atoms with Gasteiger partial charge in [-0.3, -0.25) is 4.90 Å². The Balaban J connectivity index is 1.86. The van der Waals surface area contributed by atoms with Gasteiger partial charge in [0.25, 0.3) is 0 Å². The van der Waals surface area contributed by atoms with Crippen molar-refractivity contribution in [1.82, 2.24) is 10.2 Å². The third kappa shape index (κ3) is 7.43. The molecule has 2 N–H and O–H groups in total. The molecule has 27 heavy (non-hydrogen) atoms. The van der Waals surface area contributed by atoms with Gasteiger partial charge < -0.3 is 19.9 Å². The zero-order chi connectivity index (χ0) is 19.5. The molecule has 0 aliphatic heterocycles. The molecule has 0 spiro atoms. The van der Waals surface area contributed by atoms with Crippen molar-refractivity contribution in [2.24, 2.45) is 0 Å². The topological polar surface area (TPSA) is 54.0 Å². The molecule has 2 rings (SSSR count). The summed E-state index contributed by atoms with van der Waals surface area (Å²) in [7, 11) is 3.60. The van der Waals surface area contributed by atoms with Gasteiger partial charge in [-0.25, -0.2) is 0 Å². The highest BCUT2D eigenvalue weighted by Gasteiger charge is 2.12. The molecular formula is C22H30N2O3. The maximum Gasteiger partial charge on any atom is 0.161 e. The van der Waals surface area contributed by atoms with Gasteiger partial charge in [-0.2, -0.15) is 0 Å². The zero-order valence-corrected chi connectivity index (χ0v) is 16.2. The summed E-state index contributed by atoms with van der Waals surface area (Å²) in [5.41, 5.74) is 2.30. The van der Waals surface area contributed by atoms with Crippen molar-refractivity contribution in [3.63, 3.8) is 0 Å². The van der Waals surface area contributed by atoms with Gasteiger partial charge >= 0.3 is 0 Å². The minimum absolute atomic E-state index is 0.207. The van der Waals surface area contributed by atoms with Crippen molar-refractivity contribution in [2.75, 3.05) is 33.9 Å². The molecule has 0 saturated carbocycles. The van der Waals surface area contributed by atoms with E-state index in [1.54, 1.807) is 7.11 Å². The Morgan fingerprint density at radius 3 is 2.63 bits per heavy atom. The van der Waals surface area contributed by atoms with E-state index in [2.05, 4.69) is 28.9 Å². The fraction of sp³-hybridized carbons (Fsp3) is 0.364. The van der Waals surface area contributed by atoms with Crippen LogP contribution in [0.2, 0.25) is 0 Å². The second-order valence-electron chi connectivity index (χ2n) is 6.55. The van der Waals surface area contributed by atoms with E-state index in [0.29, 0.717) is 18.0 Å². The number of benzene rings is 2. The Labute approximate surface area is 162 Å². The van der Waals surface area contributed by atoms with E-state index < -0.39 is 6.10 Å². The predicted molar refractivity (Wildman–Crippen MR) is 109 cm³/mol. The zero-order valence-electron chi connectivity index (χ0n) is 16.2. The second-order valence-corrected chi connectivity index (χ2v) is 6.55. The van der Waals surface area contributed by atoms with E-state index in [4.69, 9.17) is 9.47 Å². The molecule has 0 aliphatic carbocycles. The summed E-state index contributed by atoms with van der Waals surface area (Å²) in [4.78, 5) is 2.08. The Kier molecular flexibility index (Phi) is 8.84. The normalized spacial score (nSPS) is 12.0. The molecule has 2 aromatic carbocycles. The van der Waals surface area contributed by atoms with Crippen LogP contribution in [0.1, 0.15) is 11.1 Å². The van der Waals surface area contributed by atoms with Crippen molar-refractivity contribution in [3.05, 3.63) is 72.3 Å². The predicted octanol–water partition coefficient (Wildman–Crippen LogP) is 2.84. The Morgan fingerprint density at radius 2 is 1.93 bits per heavy atom. The minimum Gasteiger partial charge on any atom is -0.493 e. The second kappa shape index (κ2) is 11.4. The maximum absolute atomic E-state index is 10.3. The van der Waals surface area contributed by atoms with Crippen molar-refractivity contribution in [3.8, 4) is 11.5 Å². The van der Waals surface area contributed by atoms with Gasteiger partial charge in [0.15, 0.2) is 11.5 Å². The highest BCUT2D eigenvalue weighted by molar-refractivity contribution is 5.43. The smallest absolute Gasteiger partial charge is 0.161 e. The van der Waals surface area contributed by atoms with Gasteiger partial charge in [0.2, 0.25) is 0 Å². The van der Waals surface area contributed by atoms with Crippen LogP contribution in [-0.4, -0.2) is 50.0 Å². The Bertz CT molecular complexity index is 691. The molecule has 5 nitrogen and oxygen atoms in total. The number of rotatable bonds is 12. The first-order valence-corrected chi connectivity index (χ1v) is 9.14. The van der Waals surface area contributed by atoms with Crippen LogP contribution in [0, 0.1) is 0 Å². The van der Waals surface area contributed by atoms with Crippen LogP contribution in [0.25, 0.3) is 0 Å². The van der Waals surface area contributed by atoms with Crippen molar-refractivity contribution in [1.29, 1.82) is 0 Å². The third-order valence-electron chi connectivity index (χ3n) is 4.09. The fourth-order valence-corrected chi connectivity index (χ4v) is 2.82. The summed E-state index contributed by atoms with van der Waals surface area (Å²) in [6.07, 6.45) is 1.23. The van der Waals surface area contributed by atoms with Gasteiger partial charge in [-0.1, -0.05) is 42.5 Å². The fourth-order valence-electron chi connectivity index (χ4n) is 2.82. The quantitative estimate of drug-likeness (QED) is 0.444. The molecule has 1 atom stereocenters. The molecule has 0 aliphatic rings. The summed E-state index contributed by atoms with van der Waals surface area (Å²) < 4.78 is 11.2. The molecule has 2 aromatic rings. The summed E-state index contributed by atoms with van der Waals surface area (Å²) in [6, 6.07) is 16.0. The maximum atomic E-state index is 10.3. The number of nitrogens with one attached hydrogen (secondary N) is 1. The number of nitrogens with zero attached hydrogens (tertiary/aromatic N) is 1. The largest absolute Gasteiger partial charge is 0.493 e. The lowest BCUT2D eigenvalue weighted by Crippen LogP contribution is -2.32. The van der Waals surface area contributed by atoms with Crippen molar-refractivity contribution < 1.29 is 14.6 Å². The number of hydrogen-bond donors (Lipinski definition) is 2. The van der Waals surface area contributed by atoms with Crippen molar-refractivity contribution in [2.45, 2.75) is 19.2 Å². The lowest BCUT2D eigenvalue weighted by atomic mass is 10.2. The molecular weight excluding hydrogens is 340 g/mol. The van der Waals surface area contributed by atoms with Gasteiger partial charge in [-0.15, -0.1) is 6.58 Å². The number of likely N-dealkylation sites (N-methyl/N-ethyl adjacent to an activating group) is 1. The first-order valence-electron chi connectivity index (χ1n) is 9.14. The van der Waals surface area contributed by atoms with Gasteiger partial charge in [0, 0.05) is 26.2 Å². The van der Waals surface area contributed by atoms with Crippen LogP contribution >= 0.6 is 0 Å². The van der Waals surface area contributed by atoms with Crippen LogP contribution in [0.4, 0.5) is 0 Å². The molecule has 0 heterocycles. The Hall–Kier alpha value is -2.34. The molecule has 0 amide bonds. The van der Waals surface area contributed by atoms with Gasteiger partial charge in [0.05, 0.1) is 7.11 Å². The number of hydrogen-bond acceptors (Lipinski definition) is 5. The summed E-state index contributed by atoms with van der Waals surface area (Å²) in [5.74, 6) is 1.30. The lowest BCUT2D eigenvalue weighted by molar-refractivity contribution is 0.0732. The first kappa shape index (κ1) is 21.0. The van der Waals surface area contributed by atoms with Crippen LogP contribution < -0.4 is 14.8 Å². The first-order chi connectivity index (χ1) is 13.1. The van der Waals surface area contributed by atoms with Crippen LogP contribution in [0.5, 0.6) is 11.5 Å². The highest BCUT2D eigenvalue weighted by atomic mass is 16.5. The average Bonchev–Trinajstić information content (AvgIpc) is 2.67.